The number of carbonyl (C=O) groups excluding carboxylic acids is 1. The van der Waals surface area contributed by atoms with E-state index >= 15 is 0 Å². The molecule has 3 nitrogen and oxygen atoms in total. The maximum atomic E-state index is 12.4. The normalized spacial score (nSPS) is 10.6. The van der Waals surface area contributed by atoms with Crippen molar-refractivity contribution < 1.29 is 9.53 Å². The quantitative estimate of drug-likeness (QED) is 0.646. The number of hydrogen-bond acceptors (Lipinski definition) is 3. The highest BCUT2D eigenvalue weighted by atomic mass is 16.5. The smallest absolute Gasteiger partial charge is 0.166 e. The lowest BCUT2D eigenvalue weighted by atomic mass is 10.0. The van der Waals surface area contributed by atoms with E-state index in [9.17, 15) is 4.79 Å². The van der Waals surface area contributed by atoms with Gasteiger partial charge in [0.15, 0.2) is 5.78 Å². The van der Waals surface area contributed by atoms with Crippen LogP contribution >= 0.6 is 0 Å². The Morgan fingerprint density at radius 1 is 1.14 bits per heavy atom. The molecule has 0 bridgehead atoms. The van der Waals surface area contributed by atoms with Gasteiger partial charge in [-0.3, -0.25) is 4.79 Å². The molecule has 0 saturated carbocycles. The second kappa shape index (κ2) is 6.93. The summed E-state index contributed by atoms with van der Waals surface area (Å²) in [7, 11) is 0. The summed E-state index contributed by atoms with van der Waals surface area (Å²) in [5.74, 6) is 0.749. The number of para-hydroxylation sites is 1. The number of benzene rings is 2. The van der Waals surface area contributed by atoms with Gasteiger partial charge in [-0.25, -0.2) is 0 Å². The number of carbonyl (C=O) groups is 1. The molecule has 0 fully saturated rings. The summed E-state index contributed by atoms with van der Waals surface area (Å²) < 4.78 is 5.70. The predicted molar refractivity (Wildman–Crippen MR) is 85.7 cm³/mol. The Labute approximate surface area is 125 Å². The second-order valence-electron chi connectivity index (χ2n) is 5.33. The Kier molecular flexibility index (Phi) is 4.99. The van der Waals surface area contributed by atoms with E-state index < -0.39 is 0 Å². The lowest BCUT2D eigenvalue weighted by Gasteiger charge is -2.13. The lowest BCUT2D eigenvalue weighted by molar-refractivity contribution is 0.0977. The summed E-state index contributed by atoms with van der Waals surface area (Å²) in [5.41, 5.74) is 8.20. The standard InChI is InChI=1S/C18H21NO2/c1-13(2)21-18-9-4-3-8-16(18)17(20)11-10-14-6-5-7-15(19)12-14/h3-9,12-13H,10-11,19H2,1-2H3. The first-order chi connectivity index (χ1) is 10.1. The maximum Gasteiger partial charge on any atom is 0.166 e. The van der Waals surface area contributed by atoms with E-state index in [1.54, 1.807) is 0 Å². The minimum absolute atomic E-state index is 0.0490. The van der Waals surface area contributed by atoms with Crippen molar-refractivity contribution in [1.29, 1.82) is 0 Å². The summed E-state index contributed by atoms with van der Waals surface area (Å²) in [4.78, 5) is 12.4. The largest absolute Gasteiger partial charge is 0.490 e. The van der Waals surface area contributed by atoms with Gasteiger partial charge in [0.05, 0.1) is 11.7 Å². The molecule has 0 aliphatic rings. The molecule has 110 valence electrons. The average molecular weight is 283 g/mol. The first kappa shape index (κ1) is 15.1. The molecule has 0 aromatic heterocycles. The van der Waals surface area contributed by atoms with Crippen LogP contribution in [0.25, 0.3) is 0 Å². The van der Waals surface area contributed by atoms with Gasteiger partial charge in [0.1, 0.15) is 5.75 Å². The number of nitrogens with two attached hydrogens (primary N) is 1. The van der Waals surface area contributed by atoms with Crippen molar-refractivity contribution in [1.82, 2.24) is 0 Å². The fourth-order valence-corrected chi connectivity index (χ4v) is 2.19. The zero-order valence-electron chi connectivity index (χ0n) is 12.5. The average Bonchev–Trinajstić information content (AvgIpc) is 2.45. The van der Waals surface area contributed by atoms with Crippen molar-refractivity contribution in [2.45, 2.75) is 32.8 Å². The van der Waals surface area contributed by atoms with Crippen LogP contribution in [-0.2, 0) is 6.42 Å². The molecule has 0 spiro atoms. The molecule has 0 saturated heterocycles. The van der Waals surface area contributed by atoms with Crippen LogP contribution in [0, 0.1) is 0 Å². The highest BCUT2D eigenvalue weighted by Gasteiger charge is 2.13. The van der Waals surface area contributed by atoms with Gasteiger partial charge in [-0.1, -0.05) is 24.3 Å². The fraction of sp³-hybridized carbons (Fsp3) is 0.278. The van der Waals surface area contributed by atoms with Crippen molar-refractivity contribution in [3.63, 3.8) is 0 Å². The zero-order chi connectivity index (χ0) is 15.2. The molecule has 0 unspecified atom stereocenters. The minimum atomic E-state index is 0.0490. The first-order valence-corrected chi connectivity index (χ1v) is 7.19. The molecule has 2 aromatic carbocycles. The number of ketones is 1. The molecule has 0 aliphatic heterocycles. The zero-order valence-corrected chi connectivity index (χ0v) is 12.5. The third kappa shape index (κ3) is 4.35. The summed E-state index contributed by atoms with van der Waals surface area (Å²) in [5, 5.41) is 0. The highest BCUT2D eigenvalue weighted by Crippen LogP contribution is 2.22. The first-order valence-electron chi connectivity index (χ1n) is 7.19. The van der Waals surface area contributed by atoms with E-state index in [1.807, 2.05) is 62.4 Å². The SMILES string of the molecule is CC(C)Oc1ccccc1C(=O)CCc1cccc(N)c1. The van der Waals surface area contributed by atoms with Crippen molar-refractivity contribution in [3.05, 3.63) is 59.7 Å². The molecule has 2 aromatic rings. The summed E-state index contributed by atoms with van der Waals surface area (Å²) in [6, 6.07) is 15.0. The molecular formula is C18H21NO2. The van der Waals surface area contributed by atoms with Crippen LogP contribution in [0.1, 0.15) is 36.2 Å². The summed E-state index contributed by atoms with van der Waals surface area (Å²) >= 11 is 0. The van der Waals surface area contributed by atoms with Gasteiger partial charge < -0.3 is 10.5 Å². The third-order valence-corrected chi connectivity index (χ3v) is 3.14. The number of anilines is 1. The second-order valence-corrected chi connectivity index (χ2v) is 5.33. The third-order valence-electron chi connectivity index (χ3n) is 3.14. The fourth-order valence-electron chi connectivity index (χ4n) is 2.19. The van der Waals surface area contributed by atoms with Crippen LogP contribution in [-0.4, -0.2) is 11.9 Å². The minimum Gasteiger partial charge on any atom is -0.490 e. The number of aryl methyl sites for hydroxylation is 1. The van der Waals surface area contributed by atoms with Gasteiger partial charge >= 0.3 is 0 Å². The summed E-state index contributed by atoms with van der Waals surface area (Å²) in [6.07, 6.45) is 1.18. The Morgan fingerprint density at radius 3 is 2.62 bits per heavy atom. The molecule has 2 rings (SSSR count). The molecule has 21 heavy (non-hydrogen) atoms. The van der Waals surface area contributed by atoms with Gasteiger partial charge in [0.25, 0.3) is 0 Å². The monoisotopic (exact) mass is 283 g/mol. The van der Waals surface area contributed by atoms with Gasteiger partial charge in [-0.2, -0.15) is 0 Å². The van der Waals surface area contributed by atoms with Gasteiger partial charge in [0.2, 0.25) is 0 Å². The Morgan fingerprint density at radius 2 is 1.90 bits per heavy atom. The van der Waals surface area contributed by atoms with Gasteiger partial charge in [0, 0.05) is 12.1 Å². The van der Waals surface area contributed by atoms with E-state index in [1.165, 1.54) is 0 Å². The number of nitrogen functional groups attached to an aromatic ring is 1. The molecule has 2 N–H and O–H groups in total. The van der Waals surface area contributed by atoms with Crippen LogP contribution in [0.4, 0.5) is 5.69 Å². The molecule has 0 amide bonds. The molecular weight excluding hydrogens is 262 g/mol. The Hall–Kier alpha value is -2.29. The van der Waals surface area contributed by atoms with Crippen LogP contribution in [0.2, 0.25) is 0 Å². The number of hydrogen-bond donors (Lipinski definition) is 1. The molecule has 0 aliphatic carbocycles. The molecule has 3 heteroatoms. The van der Waals surface area contributed by atoms with Crippen LogP contribution in [0.15, 0.2) is 48.5 Å². The van der Waals surface area contributed by atoms with Crippen molar-refractivity contribution in [3.8, 4) is 5.75 Å². The van der Waals surface area contributed by atoms with E-state index in [2.05, 4.69) is 0 Å². The molecule has 0 radical (unpaired) electrons. The topological polar surface area (TPSA) is 52.3 Å². The Balaban J connectivity index is 2.07. The van der Waals surface area contributed by atoms with E-state index in [0.717, 1.165) is 11.3 Å². The van der Waals surface area contributed by atoms with Crippen LogP contribution < -0.4 is 10.5 Å². The van der Waals surface area contributed by atoms with Gasteiger partial charge in [-0.05, 0) is 50.1 Å². The number of ether oxygens (including phenoxy) is 1. The number of rotatable bonds is 6. The van der Waals surface area contributed by atoms with Gasteiger partial charge in [-0.15, -0.1) is 0 Å². The predicted octanol–water partition coefficient (Wildman–Crippen LogP) is 3.87. The molecule has 0 heterocycles. The van der Waals surface area contributed by atoms with Crippen molar-refractivity contribution in [2.75, 3.05) is 5.73 Å². The summed E-state index contributed by atoms with van der Waals surface area (Å²) in [6.45, 7) is 3.90. The van der Waals surface area contributed by atoms with Crippen LogP contribution in [0.5, 0.6) is 5.75 Å². The van der Waals surface area contributed by atoms with E-state index in [-0.39, 0.29) is 11.9 Å². The van der Waals surface area contributed by atoms with Crippen LogP contribution in [0.3, 0.4) is 0 Å². The Bertz CT molecular complexity index is 620. The lowest BCUT2D eigenvalue weighted by Crippen LogP contribution is -2.10. The van der Waals surface area contributed by atoms with E-state index in [0.29, 0.717) is 24.2 Å². The van der Waals surface area contributed by atoms with Crippen molar-refractivity contribution in [2.24, 2.45) is 0 Å². The van der Waals surface area contributed by atoms with E-state index in [4.69, 9.17) is 10.5 Å². The van der Waals surface area contributed by atoms with Crippen molar-refractivity contribution >= 4 is 11.5 Å². The maximum absolute atomic E-state index is 12.4. The number of Topliss-reactive ketones (excluding diaryl/α,β-unsaturated/α-hetero) is 1. The molecule has 0 atom stereocenters. The highest BCUT2D eigenvalue weighted by molar-refractivity contribution is 5.98.